The maximum absolute atomic E-state index is 12.2. The van der Waals surface area contributed by atoms with E-state index in [-0.39, 0.29) is 12.4 Å². The van der Waals surface area contributed by atoms with Crippen molar-refractivity contribution in [1.82, 2.24) is 0 Å². The Bertz CT molecular complexity index is 777. The van der Waals surface area contributed by atoms with Crippen LogP contribution in [-0.4, -0.2) is 31.6 Å². The number of Topliss-reactive ketones (excluding diaryl/α,β-unsaturated/α-hetero) is 1. The molecular weight excluding hydrogens is 320 g/mol. The first-order valence-corrected chi connectivity index (χ1v) is 8.24. The predicted molar refractivity (Wildman–Crippen MR) is 92.6 cm³/mol. The van der Waals surface area contributed by atoms with E-state index in [1.54, 1.807) is 30.3 Å². The van der Waals surface area contributed by atoms with Crippen molar-refractivity contribution in [3.05, 3.63) is 59.2 Å². The van der Waals surface area contributed by atoms with E-state index in [0.29, 0.717) is 41.8 Å². The molecule has 0 saturated carbocycles. The molecular formula is C20H20O5. The van der Waals surface area contributed by atoms with Crippen LogP contribution < -0.4 is 9.47 Å². The Hall–Kier alpha value is -2.82. The number of carbonyl (C=O) groups is 2. The molecule has 0 saturated heterocycles. The van der Waals surface area contributed by atoms with E-state index in [2.05, 4.69) is 13.8 Å². The molecule has 0 fully saturated rings. The smallest absolute Gasteiger partial charge is 0.338 e. The number of ether oxygens (including phenoxy) is 3. The average molecular weight is 340 g/mol. The van der Waals surface area contributed by atoms with E-state index in [0.717, 1.165) is 5.56 Å². The fourth-order valence-electron chi connectivity index (χ4n) is 2.52. The number of hydrogen-bond acceptors (Lipinski definition) is 5. The molecule has 1 aliphatic rings. The summed E-state index contributed by atoms with van der Waals surface area (Å²) in [6.45, 7) is 4.81. The molecule has 3 rings (SSSR count). The SMILES string of the molecule is CC(C)c1ccc(C(=O)COC(=O)c2ccc3c(c2)OCCO3)cc1. The molecule has 0 unspecified atom stereocenters. The number of fused-ring (bicyclic) bond motifs is 1. The summed E-state index contributed by atoms with van der Waals surface area (Å²) in [5.74, 6) is 0.711. The van der Waals surface area contributed by atoms with Gasteiger partial charge in [0.1, 0.15) is 13.2 Å². The summed E-state index contributed by atoms with van der Waals surface area (Å²) < 4.78 is 16.0. The summed E-state index contributed by atoms with van der Waals surface area (Å²) in [6, 6.07) is 12.2. The van der Waals surface area contributed by atoms with Crippen molar-refractivity contribution >= 4 is 11.8 Å². The van der Waals surface area contributed by atoms with Gasteiger partial charge in [0.15, 0.2) is 23.9 Å². The first kappa shape index (κ1) is 17.0. The molecule has 0 amide bonds. The van der Waals surface area contributed by atoms with Crippen LogP contribution in [0.4, 0.5) is 0 Å². The lowest BCUT2D eigenvalue weighted by Crippen LogP contribution is -2.17. The maximum Gasteiger partial charge on any atom is 0.338 e. The van der Waals surface area contributed by atoms with Crippen molar-refractivity contribution in [2.24, 2.45) is 0 Å². The fourth-order valence-corrected chi connectivity index (χ4v) is 2.52. The summed E-state index contributed by atoms with van der Waals surface area (Å²) in [5, 5.41) is 0. The Morgan fingerprint density at radius 2 is 1.60 bits per heavy atom. The maximum atomic E-state index is 12.2. The topological polar surface area (TPSA) is 61.8 Å². The minimum atomic E-state index is -0.566. The van der Waals surface area contributed by atoms with Gasteiger partial charge in [-0.05, 0) is 29.7 Å². The van der Waals surface area contributed by atoms with E-state index in [4.69, 9.17) is 14.2 Å². The highest BCUT2D eigenvalue weighted by atomic mass is 16.6. The van der Waals surface area contributed by atoms with E-state index in [1.807, 2.05) is 12.1 Å². The number of carbonyl (C=O) groups excluding carboxylic acids is 2. The van der Waals surface area contributed by atoms with Crippen molar-refractivity contribution in [3.63, 3.8) is 0 Å². The van der Waals surface area contributed by atoms with Crippen LogP contribution in [0, 0.1) is 0 Å². The average Bonchev–Trinajstić information content (AvgIpc) is 2.65. The third kappa shape index (κ3) is 3.99. The fraction of sp³-hybridized carbons (Fsp3) is 0.300. The van der Waals surface area contributed by atoms with E-state index < -0.39 is 5.97 Å². The second kappa shape index (κ2) is 7.38. The van der Waals surface area contributed by atoms with Crippen molar-refractivity contribution in [2.45, 2.75) is 19.8 Å². The minimum Gasteiger partial charge on any atom is -0.486 e. The lowest BCUT2D eigenvalue weighted by atomic mass is 10.0. The van der Waals surface area contributed by atoms with Crippen LogP contribution >= 0.6 is 0 Å². The molecule has 130 valence electrons. The molecule has 0 aromatic heterocycles. The van der Waals surface area contributed by atoms with Gasteiger partial charge >= 0.3 is 5.97 Å². The molecule has 0 spiro atoms. The van der Waals surface area contributed by atoms with Crippen molar-refractivity contribution in [3.8, 4) is 11.5 Å². The van der Waals surface area contributed by atoms with Gasteiger partial charge in [-0.25, -0.2) is 4.79 Å². The van der Waals surface area contributed by atoms with Gasteiger partial charge in [0.25, 0.3) is 0 Å². The first-order valence-electron chi connectivity index (χ1n) is 8.24. The molecule has 2 aromatic rings. The molecule has 0 aliphatic carbocycles. The molecule has 1 heterocycles. The third-order valence-electron chi connectivity index (χ3n) is 4.01. The molecule has 0 N–H and O–H groups in total. The summed E-state index contributed by atoms with van der Waals surface area (Å²) in [7, 11) is 0. The number of esters is 1. The van der Waals surface area contributed by atoms with Crippen LogP contribution in [0.1, 0.15) is 46.0 Å². The molecule has 0 radical (unpaired) electrons. The van der Waals surface area contributed by atoms with Gasteiger partial charge in [-0.1, -0.05) is 38.1 Å². The zero-order valence-electron chi connectivity index (χ0n) is 14.3. The molecule has 0 bridgehead atoms. The molecule has 1 aliphatic heterocycles. The number of benzene rings is 2. The Morgan fingerprint density at radius 1 is 0.960 bits per heavy atom. The second-order valence-electron chi connectivity index (χ2n) is 6.13. The number of rotatable bonds is 5. The monoisotopic (exact) mass is 340 g/mol. The van der Waals surface area contributed by atoms with Crippen LogP contribution in [0.25, 0.3) is 0 Å². The van der Waals surface area contributed by atoms with Gasteiger partial charge in [-0.3, -0.25) is 4.79 Å². The Labute approximate surface area is 146 Å². The number of hydrogen-bond donors (Lipinski definition) is 0. The highest BCUT2D eigenvalue weighted by Crippen LogP contribution is 2.30. The van der Waals surface area contributed by atoms with Crippen LogP contribution in [0.3, 0.4) is 0 Å². The van der Waals surface area contributed by atoms with Gasteiger partial charge in [0, 0.05) is 5.56 Å². The second-order valence-corrected chi connectivity index (χ2v) is 6.13. The van der Waals surface area contributed by atoms with Crippen molar-refractivity contribution < 1.29 is 23.8 Å². The van der Waals surface area contributed by atoms with Gasteiger partial charge in [-0.2, -0.15) is 0 Å². The molecule has 5 heteroatoms. The van der Waals surface area contributed by atoms with E-state index in [1.165, 1.54) is 0 Å². The highest BCUT2D eigenvalue weighted by molar-refractivity contribution is 5.99. The van der Waals surface area contributed by atoms with E-state index in [9.17, 15) is 9.59 Å². The van der Waals surface area contributed by atoms with Crippen LogP contribution in [0.15, 0.2) is 42.5 Å². The molecule has 5 nitrogen and oxygen atoms in total. The number of ketones is 1. The summed E-state index contributed by atoms with van der Waals surface area (Å²) in [5.41, 5.74) is 2.01. The lowest BCUT2D eigenvalue weighted by molar-refractivity contribution is 0.0474. The zero-order valence-corrected chi connectivity index (χ0v) is 14.3. The van der Waals surface area contributed by atoms with Crippen molar-refractivity contribution in [1.29, 1.82) is 0 Å². The molecule has 2 aromatic carbocycles. The Kier molecular flexibility index (Phi) is 5.03. The van der Waals surface area contributed by atoms with Crippen LogP contribution in [-0.2, 0) is 4.74 Å². The summed E-state index contributed by atoms with van der Waals surface area (Å²) in [6.07, 6.45) is 0. The van der Waals surface area contributed by atoms with E-state index >= 15 is 0 Å². The van der Waals surface area contributed by atoms with Gasteiger partial charge in [-0.15, -0.1) is 0 Å². The first-order chi connectivity index (χ1) is 12.0. The summed E-state index contributed by atoms with van der Waals surface area (Å²) >= 11 is 0. The van der Waals surface area contributed by atoms with Gasteiger partial charge in [0.2, 0.25) is 0 Å². The quantitative estimate of drug-likeness (QED) is 0.614. The molecule has 25 heavy (non-hydrogen) atoms. The third-order valence-corrected chi connectivity index (χ3v) is 4.01. The Morgan fingerprint density at radius 3 is 2.28 bits per heavy atom. The summed E-state index contributed by atoms with van der Waals surface area (Å²) in [4.78, 5) is 24.3. The largest absolute Gasteiger partial charge is 0.486 e. The zero-order chi connectivity index (χ0) is 17.8. The normalized spacial score (nSPS) is 12.8. The van der Waals surface area contributed by atoms with Crippen molar-refractivity contribution in [2.75, 3.05) is 19.8 Å². The Balaban J connectivity index is 1.61. The minimum absolute atomic E-state index is 0.235. The van der Waals surface area contributed by atoms with Crippen LogP contribution in [0.5, 0.6) is 11.5 Å². The van der Waals surface area contributed by atoms with Gasteiger partial charge in [0.05, 0.1) is 5.56 Å². The standard InChI is InChI=1S/C20H20O5/c1-13(2)14-3-5-15(6-4-14)17(21)12-25-20(22)16-7-8-18-19(11-16)24-10-9-23-18/h3-8,11,13H,9-10,12H2,1-2H3. The predicted octanol–water partition coefficient (Wildman–Crippen LogP) is 3.62. The molecule has 0 atom stereocenters. The van der Waals surface area contributed by atoms with Crippen LogP contribution in [0.2, 0.25) is 0 Å². The van der Waals surface area contributed by atoms with Gasteiger partial charge < -0.3 is 14.2 Å². The lowest BCUT2D eigenvalue weighted by Gasteiger charge is -2.18. The highest BCUT2D eigenvalue weighted by Gasteiger charge is 2.17.